The highest BCUT2D eigenvalue weighted by molar-refractivity contribution is 6.31. The molecule has 0 fully saturated rings. The van der Waals surface area contributed by atoms with Gasteiger partial charge in [0.15, 0.2) is 0 Å². The second-order valence-electron chi connectivity index (χ2n) is 4.10. The van der Waals surface area contributed by atoms with E-state index in [0.29, 0.717) is 11.4 Å². The Kier molecular flexibility index (Phi) is 1.98. The number of aliphatic carboxylic acids is 1. The molecule has 82 valence electrons. The number of carboxylic acids is 1. The molecule has 0 spiro atoms. The fraction of sp³-hybridized carbons (Fsp3) is 0.250. The van der Waals surface area contributed by atoms with Crippen LogP contribution in [0.1, 0.15) is 18.2 Å². The van der Waals surface area contributed by atoms with E-state index in [1.165, 1.54) is 0 Å². The van der Waals surface area contributed by atoms with Crippen molar-refractivity contribution in [2.45, 2.75) is 18.9 Å². The first kappa shape index (κ1) is 9.73. The molecular weight excluding hydrogens is 226 g/mol. The zero-order valence-corrected chi connectivity index (χ0v) is 9.24. The number of aromatic nitrogens is 1. The fourth-order valence-electron chi connectivity index (χ4n) is 2.46. The van der Waals surface area contributed by atoms with Crippen LogP contribution in [0.25, 0.3) is 10.9 Å². The van der Waals surface area contributed by atoms with Crippen LogP contribution in [0.3, 0.4) is 0 Å². The van der Waals surface area contributed by atoms with E-state index in [1.54, 1.807) is 0 Å². The lowest BCUT2D eigenvalue weighted by Gasteiger charge is -2.09. The van der Waals surface area contributed by atoms with Gasteiger partial charge in [0.25, 0.3) is 0 Å². The number of carboxylic acid groups (broad SMARTS) is 1. The highest BCUT2D eigenvalue weighted by atomic mass is 35.5. The van der Waals surface area contributed by atoms with Gasteiger partial charge in [0.05, 0.1) is 5.52 Å². The van der Waals surface area contributed by atoms with Gasteiger partial charge in [0.2, 0.25) is 0 Å². The summed E-state index contributed by atoms with van der Waals surface area (Å²) in [7, 11) is 0. The lowest BCUT2D eigenvalue weighted by Crippen LogP contribution is -2.14. The summed E-state index contributed by atoms with van der Waals surface area (Å²) >= 11 is 5.94. The molecule has 1 aromatic heterocycles. The molecule has 0 aliphatic carbocycles. The van der Waals surface area contributed by atoms with Gasteiger partial charge >= 0.3 is 5.97 Å². The minimum atomic E-state index is -0.767. The summed E-state index contributed by atoms with van der Waals surface area (Å²) in [6, 6.07) is 7.21. The van der Waals surface area contributed by atoms with E-state index < -0.39 is 12.0 Å². The summed E-state index contributed by atoms with van der Waals surface area (Å²) in [6.45, 7) is 0. The third-order valence-corrected chi connectivity index (χ3v) is 3.39. The van der Waals surface area contributed by atoms with Gasteiger partial charge in [-0.15, -0.1) is 0 Å². The molecule has 3 rings (SSSR count). The van der Waals surface area contributed by atoms with Crippen molar-refractivity contribution in [3.05, 3.63) is 35.0 Å². The van der Waals surface area contributed by atoms with Crippen molar-refractivity contribution < 1.29 is 9.90 Å². The fourth-order valence-corrected chi connectivity index (χ4v) is 2.63. The predicted octanol–water partition coefficient (Wildman–Crippen LogP) is 2.87. The van der Waals surface area contributed by atoms with E-state index in [-0.39, 0.29) is 0 Å². The quantitative estimate of drug-likeness (QED) is 0.826. The number of aryl methyl sites for hydroxylation is 1. The Morgan fingerprint density at radius 1 is 1.44 bits per heavy atom. The minimum absolute atomic E-state index is 0.439. The van der Waals surface area contributed by atoms with Crippen molar-refractivity contribution in [2.75, 3.05) is 0 Å². The number of benzene rings is 1. The molecule has 1 aliphatic heterocycles. The van der Waals surface area contributed by atoms with Crippen molar-refractivity contribution >= 4 is 28.5 Å². The molecule has 4 heteroatoms. The van der Waals surface area contributed by atoms with Crippen LogP contribution in [0.2, 0.25) is 5.02 Å². The third kappa shape index (κ3) is 1.25. The molecule has 1 aromatic carbocycles. The number of halogens is 1. The monoisotopic (exact) mass is 235 g/mol. The lowest BCUT2D eigenvalue weighted by molar-refractivity contribution is -0.140. The Bertz CT molecular complexity index is 588. The first-order chi connectivity index (χ1) is 7.66. The Labute approximate surface area is 97.2 Å². The molecule has 0 radical (unpaired) electrons. The van der Waals surface area contributed by atoms with Gasteiger partial charge < -0.3 is 9.67 Å². The smallest absolute Gasteiger partial charge is 0.326 e. The summed E-state index contributed by atoms with van der Waals surface area (Å²) in [5, 5.41) is 10.9. The van der Waals surface area contributed by atoms with Crippen molar-refractivity contribution in [3.63, 3.8) is 0 Å². The maximum absolute atomic E-state index is 11.1. The van der Waals surface area contributed by atoms with Gasteiger partial charge in [-0.1, -0.05) is 17.7 Å². The van der Waals surface area contributed by atoms with Crippen LogP contribution in [0, 0.1) is 0 Å². The normalized spacial score (nSPS) is 18.9. The molecule has 1 atom stereocenters. The molecule has 1 N–H and O–H groups in total. The van der Waals surface area contributed by atoms with Crippen LogP contribution in [0.15, 0.2) is 24.3 Å². The highest BCUT2D eigenvalue weighted by Crippen LogP contribution is 2.34. The average Bonchev–Trinajstić information content (AvgIpc) is 2.76. The number of carbonyl (C=O) groups is 1. The number of fused-ring (bicyclic) bond motifs is 3. The van der Waals surface area contributed by atoms with E-state index in [2.05, 4.69) is 6.07 Å². The maximum atomic E-state index is 11.1. The molecule has 1 unspecified atom stereocenters. The number of nitrogens with zero attached hydrogens (tertiary/aromatic N) is 1. The largest absolute Gasteiger partial charge is 0.480 e. The van der Waals surface area contributed by atoms with E-state index in [9.17, 15) is 4.79 Å². The molecular formula is C12H10ClNO2. The Hall–Kier alpha value is -1.48. The number of hydrogen-bond acceptors (Lipinski definition) is 1. The SMILES string of the molecule is O=C(O)C1CCc2cc3ccc(Cl)cc3n21. The lowest BCUT2D eigenvalue weighted by atomic mass is 10.1. The van der Waals surface area contributed by atoms with E-state index in [1.807, 2.05) is 22.8 Å². The van der Waals surface area contributed by atoms with Gasteiger partial charge in [0, 0.05) is 10.7 Å². The second kappa shape index (κ2) is 3.25. The first-order valence-electron chi connectivity index (χ1n) is 5.19. The van der Waals surface area contributed by atoms with Gasteiger partial charge in [-0.3, -0.25) is 0 Å². The Morgan fingerprint density at radius 3 is 3.00 bits per heavy atom. The van der Waals surface area contributed by atoms with E-state index >= 15 is 0 Å². The van der Waals surface area contributed by atoms with E-state index in [0.717, 1.165) is 23.0 Å². The predicted molar refractivity (Wildman–Crippen MR) is 61.9 cm³/mol. The first-order valence-corrected chi connectivity index (χ1v) is 5.57. The van der Waals surface area contributed by atoms with Crippen molar-refractivity contribution in [1.82, 2.24) is 4.57 Å². The van der Waals surface area contributed by atoms with Crippen LogP contribution >= 0.6 is 11.6 Å². The maximum Gasteiger partial charge on any atom is 0.326 e. The molecule has 2 heterocycles. The van der Waals surface area contributed by atoms with Crippen molar-refractivity contribution in [2.24, 2.45) is 0 Å². The standard InChI is InChI=1S/C12H10ClNO2/c13-8-2-1-7-5-9-3-4-10(12(15)16)14(9)11(7)6-8/h1-2,5-6,10H,3-4H2,(H,15,16). The Morgan fingerprint density at radius 2 is 2.25 bits per heavy atom. The van der Waals surface area contributed by atoms with Crippen molar-refractivity contribution in [1.29, 1.82) is 0 Å². The van der Waals surface area contributed by atoms with E-state index in [4.69, 9.17) is 16.7 Å². The molecule has 2 aromatic rings. The van der Waals surface area contributed by atoms with Crippen molar-refractivity contribution in [3.8, 4) is 0 Å². The van der Waals surface area contributed by atoms with Gasteiger partial charge in [0.1, 0.15) is 6.04 Å². The van der Waals surface area contributed by atoms with Gasteiger partial charge in [-0.2, -0.15) is 0 Å². The third-order valence-electron chi connectivity index (χ3n) is 3.15. The highest BCUT2D eigenvalue weighted by Gasteiger charge is 2.29. The van der Waals surface area contributed by atoms with Crippen LogP contribution in [0.5, 0.6) is 0 Å². The molecule has 3 nitrogen and oxygen atoms in total. The summed E-state index contributed by atoms with van der Waals surface area (Å²) in [4.78, 5) is 11.1. The molecule has 0 bridgehead atoms. The van der Waals surface area contributed by atoms with Crippen LogP contribution in [-0.2, 0) is 11.2 Å². The summed E-state index contributed by atoms with van der Waals surface area (Å²) < 4.78 is 1.89. The molecule has 16 heavy (non-hydrogen) atoms. The van der Waals surface area contributed by atoms with Gasteiger partial charge in [-0.05, 0) is 36.4 Å². The molecule has 0 saturated carbocycles. The molecule has 1 aliphatic rings. The zero-order chi connectivity index (χ0) is 11.3. The van der Waals surface area contributed by atoms with Crippen LogP contribution in [0.4, 0.5) is 0 Å². The molecule has 0 saturated heterocycles. The number of rotatable bonds is 1. The topological polar surface area (TPSA) is 42.2 Å². The zero-order valence-electron chi connectivity index (χ0n) is 8.48. The summed E-state index contributed by atoms with van der Waals surface area (Å²) in [5.74, 6) is -0.767. The molecule has 0 amide bonds. The second-order valence-corrected chi connectivity index (χ2v) is 4.54. The Balaban J connectivity index is 2.29. The summed E-state index contributed by atoms with van der Waals surface area (Å²) in [6.07, 6.45) is 1.50. The van der Waals surface area contributed by atoms with Crippen LogP contribution in [-0.4, -0.2) is 15.6 Å². The van der Waals surface area contributed by atoms with Crippen LogP contribution < -0.4 is 0 Å². The number of hydrogen-bond donors (Lipinski definition) is 1. The minimum Gasteiger partial charge on any atom is -0.480 e. The average molecular weight is 236 g/mol. The summed E-state index contributed by atoms with van der Waals surface area (Å²) in [5.41, 5.74) is 2.01. The van der Waals surface area contributed by atoms with Gasteiger partial charge in [-0.25, -0.2) is 4.79 Å².